The lowest BCUT2D eigenvalue weighted by atomic mass is 10.4. The fourth-order valence-electron chi connectivity index (χ4n) is 0.439. The molecule has 0 amide bonds. The van der Waals surface area contributed by atoms with Crippen molar-refractivity contribution in [1.82, 2.24) is 5.06 Å². The van der Waals surface area contributed by atoms with Crippen LogP contribution in [-0.2, 0) is 0 Å². The fourth-order valence-corrected chi connectivity index (χ4v) is 0.439. The molecule has 58 valence electrons. The summed E-state index contributed by atoms with van der Waals surface area (Å²) in [5.74, 6) is -0.0871. The van der Waals surface area contributed by atoms with E-state index < -0.39 is 0 Å². The Morgan fingerprint density at radius 3 is 2.40 bits per heavy atom. The molecule has 5 heteroatoms. The van der Waals surface area contributed by atoms with E-state index in [1.165, 1.54) is 0 Å². The van der Waals surface area contributed by atoms with Crippen molar-refractivity contribution in [3.05, 3.63) is 0 Å². The van der Waals surface area contributed by atoms with Gasteiger partial charge in [-0.3, -0.25) is 16.0 Å². The molecule has 0 aliphatic carbocycles. The van der Waals surface area contributed by atoms with Crippen molar-refractivity contribution in [3.8, 4) is 0 Å². The van der Waals surface area contributed by atoms with Crippen molar-refractivity contribution in [2.75, 3.05) is 6.54 Å². The van der Waals surface area contributed by atoms with Crippen LogP contribution in [0.3, 0.4) is 0 Å². The largest absolute Gasteiger partial charge is 0.386 e. The predicted octanol–water partition coefficient (Wildman–Crippen LogP) is 0.000840. The molecule has 0 spiro atoms. The quantitative estimate of drug-likeness (QED) is 0.255. The minimum atomic E-state index is -0.152. The summed E-state index contributed by atoms with van der Waals surface area (Å²) in [6.45, 7) is 1.65. The topological polar surface area (TPSA) is 97.2 Å². The van der Waals surface area contributed by atoms with Crippen molar-refractivity contribution < 1.29 is 5.21 Å². The molecule has 0 fully saturated rings. The molecule has 0 heterocycles. The maximum atomic E-state index is 8.88. The first-order valence-corrected chi connectivity index (χ1v) is 2.94. The third-order valence-electron chi connectivity index (χ3n) is 0.967. The summed E-state index contributed by atoms with van der Waals surface area (Å²) >= 11 is 0. The van der Waals surface area contributed by atoms with Gasteiger partial charge >= 0.3 is 0 Å². The molecule has 0 saturated carbocycles. The van der Waals surface area contributed by atoms with Gasteiger partial charge in [-0.25, -0.2) is 5.06 Å². The Balaban J connectivity index is 3.72. The molecule has 10 heavy (non-hydrogen) atoms. The summed E-state index contributed by atoms with van der Waals surface area (Å²) in [6, 6.07) is 0. The second kappa shape index (κ2) is 3.84. The molecule has 0 aromatic carbocycles. The van der Waals surface area contributed by atoms with Gasteiger partial charge in [0.1, 0.15) is 18.2 Å². The summed E-state index contributed by atoms with van der Waals surface area (Å²) in [5.41, 5.74) is 4.97. The Kier molecular flexibility index (Phi) is 3.42. The monoisotopic (exact) mass is 144 g/mol. The highest BCUT2D eigenvalue weighted by Crippen LogP contribution is 1.87. The van der Waals surface area contributed by atoms with E-state index in [1.807, 2.05) is 0 Å². The number of nitrogens with two attached hydrogens (primary N) is 1. The van der Waals surface area contributed by atoms with Gasteiger partial charge in [-0.1, -0.05) is 6.92 Å². The Hall–Kier alpha value is -1.10. The molecule has 0 rings (SSSR count). The van der Waals surface area contributed by atoms with Crippen LogP contribution in [-0.4, -0.2) is 28.5 Å². The first kappa shape index (κ1) is 8.90. The number of rotatable bonds is 3. The van der Waals surface area contributed by atoms with Gasteiger partial charge in [-0.05, 0) is 0 Å². The molecule has 0 aliphatic heterocycles. The summed E-state index contributed by atoms with van der Waals surface area (Å²) < 4.78 is 0. The van der Waals surface area contributed by atoms with Crippen LogP contribution in [0.2, 0.25) is 0 Å². The third-order valence-corrected chi connectivity index (χ3v) is 0.967. The van der Waals surface area contributed by atoms with Crippen LogP contribution in [0.4, 0.5) is 0 Å². The third kappa shape index (κ3) is 3.03. The SMILES string of the molecule is CCC(=N)N(O)CC(=N)N. The van der Waals surface area contributed by atoms with E-state index in [9.17, 15) is 0 Å². The van der Waals surface area contributed by atoms with Gasteiger partial charge in [0, 0.05) is 6.42 Å². The van der Waals surface area contributed by atoms with Gasteiger partial charge in [0.15, 0.2) is 0 Å². The molecule has 0 bridgehead atoms. The molecule has 0 radical (unpaired) electrons. The number of nitrogens with one attached hydrogen (secondary N) is 2. The lowest BCUT2D eigenvalue weighted by molar-refractivity contribution is -0.00208. The first-order chi connectivity index (χ1) is 4.57. The van der Waals surface area contributed by atoms with E-state index in [0.717, 1.165) is 0 Å². The molecular formula is C5H12N4O. The van der Waals surface area contributed by atoms with Gasteiger partial charge in [-0.2, -0.15) is 0 Å². The molecule has 0 atom stereocenters. The summed E-state index contributed by atoms with van der Waals surface area (Å²) in [4.78, 5) is 0. The Bertz CT molecular complexity index is 145. The van der Waals surface area contributed by atoms with Crippen molar-refractivity contribution in [2.45, 2.75) is 13.3 Å². The van der Waals surface area contributed by atoms with Gasteiger partial charge in [0.2, 0.25) is 0 Å². The van der Waals surface area contributed by atoms with Gasteiger partial charge in [0.05, 0.1) is 0 Å². The van der Waals surface area contributed by atoms with Gasteiger partial charge in [0.25, 0.3) is 0 Å². The van der Waals surface area contributed by atoms with Crippen LogP contribution in [0.1, 0.15) is 13.3 Å². The van der Waals surface area contributed by atoms with Crippen molar-refractivity contribution in [3.63, 3.8) is 0 Å². The summed E-state index contributed by atoms with van der Waals surface area (Å²) in [5, 5.41) is 23.4. The van der Waals surface area contributed by atoms with Crippen LogP contribution in [0, 0.1) is 10.8 Å². The van der Waals surface area contributed by atoms with Gasteiger partial charge < -0.3 is 5.73 Å². The Morgan fingerprint density at radius 1 is 1.60 bits per heavy atom. The van der Waals surface area contributed by atoms with E-state index in [2.05, 4.69) is 0 Å². The number of nitrogens with zero attached hydrogens (tertiary/aromatic N) is 1. The van der Waals surface area contributed by atoms with E-state index in [4.69, 9.17) is 21.8 Å². The van der Waals surface area contributed by atoms with Crippen LogP contribution < -0.4 is 5.73 Å². The van der Waals surface area contributed by atoms with E-state index in [-0.39, 0.29) is 18.2 Å². The molecule has 5 nitrogen and oxygen atoms in total. The van der Waals surface area contributed by atoms with Crippen molar-refractivity contribution in [2.24, 2.45) is 5.73 Å². The van der Waals surface area contributed by atoms with Crippen molar-refractivity contribution >= 4 is 11.7 Å². The lowest BCUT2D eigenvalue weighted by Crippen LogP contribution is -2.34. The second-order valence-corrected chi connectivity index (χ2v) is 1.88. The van der Waals surface area contributed by atoms with Crippen LogP contribution in [0.15, 0.2) is 0 Å². The summed E-state index contributed by atoms with van der Waals surface area (Å²) in [7, 11) is 0. The molecule has 0 aromatic rings. The molecule has 0 unspecified atom stereocenters. The van der Waals surface area contributed by atoms with Crippen LogP contribution >= 0.6 is 0 Å². The fraction of sp³-hybridized carbons (Fsp3) is 0.600. The average molecular weight is 144 g/mol. The Morgan fingerprint density at radius 2 is 2.10 bits per heavy atom. The zero-order valence-corrected chi connectivity index (χ0v) is 5.89. The number of amidine groups is 2. The highest BCUT2D eigenvalue weighted by molar-refractivity contribution is 5.85. The standard InChI is InChI=1S/C5H12N4O/c1-2-5(8)9(10)3-4(6)7/h8,10H,2-3H2,1H3,(H3,6,7). The number of hydrogen-bond donors (Lipinski definition) is 4. The van der Waals surface area contributed by atoms with E-state index >= 15 is 0 Å². The lowest BCUT2D eigenvalue weighted by Gasteiger charge is -2.14. The van der Waals surface area contributed by atoms with E-state index in [1.54, 1.807) is 6.92 Å². The number of hydrogen-bond acceptors (Lipinski definition) is 3. The smallest absolute Gasteiger partial charge is 0.121 e. The molecule has 0 saturated heterocycles. The van der Waals surface area contributed by atoms with Crippen LogP contribution in [0.5, 0.6) is 0 Å². The zero-order valence-electron chi connectivity index (χ0n) is 5.89. The molecule has 0 aliphatic rings. The van der Waals surface area contributed by atoms with Crippen molar-refractivity contribution in [1.29, 1.82) is 10.8 Å². The molecular weight excluding hydrogens is 132 g/mol. The Labute approximate surface area is 59.4 Å². The zero-order chi connectivity index (χ0) is 8.15. The maximum Gasteiger partial charge on any atom is 0.121 e. The maximum absolute atomic E-state index is 8.88. The molecule has 0 aromatic heterocycles. The highest BCUT2D eigenvalue weighted by atomic mass is 16.5. The molecule has 5 N–H and O–H groups in total. The summed E-state index contributed by atoms with van der Waals surface area (Å²) in [6.07, 6.45) is 0.434. The predicted molar refractivity (Wildman–Crippen MR) is 38.4 cm³/mol. The first-order valence-electron chi connectivity index (χ1n) is 2.94. The van der Waals surface area contributed by atoms with Crippen LogP contribution in [0.25, 0.3) is 0 Å². The number of hydroxylamine groups is 2. The minimum absolute atomic E-state index is 0.0650. The normalized spacial score (nSPS) is 9.00. The van der Waals surface area contributed by atoms with Gasteiger partial charge in [-0.15, -0.1) is 0 Å². The van der Waals surface area contributed by atoms with E-state index in [0.29, 0.717) is 11.5 Å². The minimum Gasteiger partial charge on any atom is -0.386 e. The highest BCUT2D eigenvalue weighted by Gasteiger charge is 2.03. The average Bonchev–Trinajstić information content (AvgIpc) is 1.85. The second-order valence-electron chi connectivity index (χ2n) is 1.88.